The van der Waals surface area contributed by atoms with Crippen LogP contribution in [0.4, 0.5) is 5.69 Å². The Morgan fingerprint density at radius 1 is 1.35 bits per heavy atom. The van der Waals surface area contributed by atoms with Crippen LogP contribution in [-0.4, -0.2) is 62.1 Å². The van der Waals surface area contributed by atoms with Gasteiger partial charge in [0.25, 0.3) is 0 Å². The largest absolute Gasteiger partial charge is 0.497 e. The number of methoxy groups -OCH3 is 2. The molecule has 0 aromatic heterocycles. The molecule has 8 nitrogen and oxygen atoms in total. The fraction of sp³-hybridized carbons (Fsp3) is 0.500. The fourth-order valence-electron chi connectivity index (χ4n) is 3.00. The highest BCUT2D eigenvalue weighted by atomic mass is 16.5. The summed E-state index contributed by atoms with van der Waals surface area (Å²) >= 11 is 0. The van der Waals surface area contributed by atoms with Crippen LogP contribution in [0.1, 0.15) is 13.3 Å². The predicted molar refractivity (Wildman–Crippen MR) is 94.4 cm³/mol. The summed E-state index contributed by atoms with van der Waals surface area (Å²) in [6, 6.07) is 5.12. The van der Waals surface area contributed by atoms with E-state index in [4.69, 9.17) is 14.6 Å². The van der Waals surface area contributed by atoms with Gasteiger partial charge in [-0.25, -0.2) is 0 Å². The van der Waals surface area contributed by atoms with Gasteiger partial charge in [0.2, 0.25) is 11.8 Å². The lowest BCUT2D eigenvalue weighted by molar-refractivity contribution is -0.143. The molecule has 26 heavy (non-hydrogen) atoms. The molecule has 0 radical (unpaired) electrons. The normalized spacial score (nSPS) is 17.8. The molecule has 1 saturated heterocycles. The number of anilines is 1. The number of carboxylic acid groups (broad SMARTS) is 1. The second-order valence-corrected chi connectivity index (χ2v) is 6.40. The summed E-state index contributed by atoms with van der Waals surface area (Å²) in [5.41, 5.74) is 0.579. The molecule has 0 unspecified atom stereocenters. The van der Waals surface area contributed by atoms with Crippen LogP contribution in [0, 0.1) is 11.8 Å². The van der Waals surface area contributed by atoms with E-state index >= 15 is 0 Å². The Balaban J connectivity index is 2.13. The first-order valence-electron chi connectivity index (χ1n) is 8.28. The van der Waals surface area contributed by atoms with Gasteiger partial charge in [-0.05, 0) is 12.1 Å². The summed E-state index contributed by atoms with van der Waals surface area (Å²) in [5, 5.41) is 8.99. The second kappa shape index (κ2) is 8.07. The Kier molecular flexibility index (Phi) is 6.07. The van der Waals surface area contributed by atoms with Gasteiger partial charge in [-0.15, -0.1) is 0 Å². The topological polar surface area (TPSA) is 96.4 Å². The first-order valence-corrected chi connectivity index (χ1v) is 8.28. The quantitative estimate of drug-likeness (QED) is 0.782. The molecule has 142 valence electrons. The summed E-state index contributed by atoms with van der Waals surface area (Å²) in [4.78, 5) is 38.9. The number of carboxylic acids is 1. The van der Waals surface area contributed by atoms with E-state index in [2.05, 4.69) is 0 Å². The smallest absolute Gasteiger partial charge is 0.308 e. The third kappa shape index (κ3) is 4.07. The van der Waals surface area contributed by atoms with Gasteiger partial charge in [-0.2, -0.15) is 0 Å². The summed E-state index contributed by atoms with van der Waals surface area (Å²) in [6.45, 7) is 1.87. The lowest BCUT2D eigenvalue weighted by atomic mass is 10.1. The maximum absolute atomic E-state index is 12.6. The van der Waals surface area contributed by atoms with Crippen LogP contribution < -0.4 is 14.4 Å². The van der Waals surface area contributed by atoms with Crippen LogP contribution in [-0.2, 0) is 14.4 Å². The zero-order valence-electron chi connectivity index (χ0n) is 15.4. The van der Waals surface area contributed by atoms with Gasteiger partial charge in [0.05, 0.1) is 31.7 Å². The van der Waals surface area contributed by atoms with Gasteiger partial charge in [0, 0.05) is 32.6 Å². The lowest BCUT2D eigenvalue weighted by Gasteiger charge is -2.23. The lowest BCUT2D eigenvalue weighted by Crippen LogP contribution is -2.38. The van der Waals surface area contributed by atoms with Crippen LogP contribution in [0.2, 0.25) is 0 Å². The molecule has 1 heterocycles. The van der Waals surface area contributed by atoms with Crippen molar-refractivity contribution in [1.82, 2.24) is 4.90 Å². The number of carbonyl (C=O) groups is 3. The van der Waals surface area contributed by atoms with Gasteiger partial charge >= 0.3 is 5.97 Å². The predicted octanol–water partition coefficient (Wildman–Crippen LogP) is 1.24. The van der Waals surface area contributed by atoms with Crippen LogP contribution >= 0.6 is 0 Å². The van der Waals surface area contributed by atoms with Gasteiger partial charge < -0.3 is 24.4 Å². The third-order valence-corrected chi connectivity index (χ3v) is 4.50. The molecule has 0 spiro atoms. The van der Waals surface area contributed by atoms with Crippen molar-refractivity contribution in [2.24, 2.45) is 11.8 Å². The van der Waals surface area contributed by atoms with Crippen molar-refractivity contribution in [3.05, 3.63) is 18.2 Å². The molecule has 2 amide bonds. The number of benzene rings is 1. The number of ether oxygens (including phenoxy) is 2. The fourth-order valence-corrected chi connectivity index (χ4v) is 3.00. The van der Waals surface area contributed by atoms with Crippen LogP contribution in [0.15, 0.2) is 18.2 Å². The van der Waals surface area contributed by atoms with E-state index in [1.807, 2.05) is 0 Å². The minimum Gasteiger partial charge on any atom is -0.497 e. The van der Waals surface area contributed by atoms with Crippen LogP contribution in [0.3, 0.4) is 0 Å². The number of hydrogen-bond donors (Lipinski definition) is 1. The molecule has 1 fully saturated rings. The van der Waals surface area contributed by atoms with Gasteiger partial charge in [0.15, 0.2) is 0 Å². The number of aliphatic carboxylic acids is 1. The molecule has 1 aliphatic rings. The highest BCUT2D eigenvalue weighted by molar-refractivity contribution is 6.01. The number of amides is 2. The van der Waals surface area contributed by atoms with Gasteiger partial charge in [0.1, 0.15) is 11.5 Å². The average Bonchev–Trinajstić information content (AvgIpc) is 3.01. The Morgan fingerprint density at radius 3 is 2.62 bits per heavy atom. The Bertz CT molecular complexity index is 705. The summed E-state index contributed by atoms with van der Waals surface area (Å²) in [5.74, 6) is -1.46. The van der Waals surface area contributed by atoms with E-state index in [-0.39, 0.29) is 31.3 Å². The maximum atomic E-state index is 12.6. The van der Waals surface area contributed by atoms with E-state index in [1.54, 1.807) is 32.2 Å². The molecule has 1 N–H and O–H groups in total. The van der Waals surface area contributed by atoms with E-state index in [0.29, 0.717) is 17.2 Å². The van der Waals surface area contributed by atoms with Crippen LogP contribution in [0.5, 0.6) is 11.5 Å². The SMILES string of the molecule is COc1ccc(N2C[C@H](C(=O)N(C)C[C@@H](C)C(=O)O)CC2=O)c(OC)c1. The number of rotatable bonds is 7. The molecule has 0 aliphatic carbocycles. The average molecular weight is 364 g/mol. The van der Waals surface area contributed by atoms with Crippen molar-refractivity contribution in [1.29, 1.82) is 0 Å². The van der Waals surface area contributed by atoms with Crippen molar-refractivity contribution in [3.63, 3.8) is 0 Å². The molecule has 1 aromatic carbocycles. The van der Waals surface area contributed by atoms with Crippen molar-refractivity contribution in [3.8, 4) is 11.5 Å². The van der Waals surface area contributed by atoms with Crippen molar-refractivity contribution >= 4 is 23.5 Å². The molecular weight excluding hydrogens is 340 g/mol. The van der Waals surface area contributed by atoms with Crippen molar-refractivity contribution < 1.29 is 29.0 Å². The van der Waals surface area contributed by atoms with Crippen molar-refractivity contribution in [2.75, 3.05) is 39.3 Å². The van der Waals surface area contributed by atoms with E-state index in [1.165, 1.54) is 24.0 Å². The third-order valence-electron chi connectivity index (χ3n) is 4.50. The number of carbonyl (C=O) groups excluding carboxylic acids is 2. The number of hydrogen-bond acceptors (Lipinski definition) is 5. The Morgan fingerprint density at radius 2 is 2.04 bits per heavy atom. The molecule has 0 saturated carbocycles. The first kappa shape index (κ1) is 19.6. The molecule has 1 aromatic rings. The molecule has 2 rings (SSSR count). The first-order chi connectivity index (χ1) is 12.3. The van der Waals surface area contributed by atoms with Gasteiger partial charge in [-0.1, -0.05) is 6.92 Å². The minimum atomic E-state index is -0.961. The highest BCUT2D eigenvalue weighted by Crippen LogP contribution is 2.36. The van der Waals surface area contributed by atoms with E-state index in [9.17, 15) is 14.4 Å². The standard InChI is InChI=1S/C18H24N2O6/c1-11(18(23)24)9-19(2)17(22)12-7-16(21)20(10-12)14-6-5-13(25-3)8-15(14)26-4/h5-6,8,11-12H,7,9-10H2,1-4H3,(H,23,24)/t11-,12-/m1/s1. The Labute approximate surface area is 152 Å². The Hall–Kier alpha value is -2.77. The molecule has 2 atom stereocenters. The van der Waals surface area contributed by atoms with Crippen LogP contribution in [0.25, 0.3) is 0 Å². The van der Waals surface area contributed by atoms with Crippen molar-refractivity contribution in [2.45, 2.75) is 13.3 Å². The summed E-state index contributed by atoms with van der Waals surface area (Å²) in [6.07, 6.45) is 0.0831. The van der Waals surface area contributed by atoms with Gasteiger partial charge in [-0.3, -0.25) is 14.4 Å². The zero-order chi connectivity index (χ0) is 19.4. The molecular formula is C18H24N2O6. The monoisotopic (exact) mass is 364 g/mol. The van der Waals surface area contributed by atoms with E-state index < -0.39 is 17.8 Å². The van der Waals surface area contributed by atoms with E-state index in [0.717, 1.165) is 0 Å². The highest BCUT2D eigenvalue weighted by Gasteiger charge is 2.38. The second-order valence-electron chi connectivity index (χ2n) is 6.40. The molecule has 8 heteroatoms. The summed E-state index contributed by atoms with van der Waals surface area (Å²) in [7, 11) is 4.60. The zero-order valence-corrected chi connectivity index (χ0v) is 15.4. The molecule has 1 aliphatic heterocycles. The maximum Gasteiger partial charge on any atom is 0.308 e. The summed E-state index contributed by atoms with van der Waals surface area (Å²) < 4.78 is 10.5. The minimum absolute atomic E-state index is 0.0831. The molecule has 0 bridgehead atoms. The number of nitrogens with zero attached hydrogens (tertiary/aromatic N) is 2.